The fourth-order valence-corrected chi connectivity index (χ4v) is 6.24. The van der Waals surface area contributed by atoms with E-state index in [2.05, 4.69) is 58.5 Å². The average molecular weight is 1040 g/mol. The number of hydrogen-bond donors (Lipinski definition) is 15. The van der Waals surface area contributed by atoms with E-state index in [1.54, 1.807) is 55.4 Å². The molecule has 27 heteroatoms. The van der Waals surface area contributed by atoms with Crippen LogP contribution in [0.4, 0.5) is 0 Å². The molecule has 0 radical (unpaired) electrons. The lowest BCUT2D eigenvalue weighted by atomic mass is 10.1. The molecule has 19 N–H and O–H groups in total. The van der Waals surface area contributed by atoms with Gasteiger partial charge in [-0.3, -0.25) is 57.5 Å². The number of nitrogens with two attached hydrogens (primary N) is 4. The van der Waals surface area contributed by atoms with Gasteiger partial charge in [-0.1, -0.05) is 55.4 Å². The fraction of sp³-hybridized carbons (Fsp3) is 0.739. The van der Waals surface area contributed by atoms with Crippen LogP contribution in [0.2, 0.25) is 0 Å². The van der Waals surface area contributed by atoms with Crippen LogP contribution in [0.1, 0.15) is 107 Å². The standard InChI is InChI=1S/C46H85N15O12/c1-25(2)17-37(64)56-30(39(50)66)20-51-43(70)32(58-36(63)14-10-12-16-48)22-54-46(73)34(61-41(68)28(7)8)24-55-45(72)33(59-38(65)18-26(3)4)23-53-44(71)31(57-35(62)13-9-11-15-47)21-52-42(69)29(19-49)60-40(67)27(5)6/h25-34H,9-24,47-49H2,1-8H3,(H2,50,66)(H,51,70)(H,52,69)(H,53,71)(H,54,73)(H,55,72)(H,56,64)(H,57,62)(H,58,63)(H,59,65)(H,60,67)(H,61,68)/t29-,30-,31-,32-,33-,34-/m0/s1. The van der Waals surface area contributed by atoms with Crippen molar-refractivity contribution in [2.75, 3.05) is 52.4 Å². The number of amides is 12. The molecule has 73 heavy (non-hydrogen) atoms. The van der Waals surface area contributed by atoms with E-state index in [9.17, 15) is 57.5 Å². The molecule has 0 saturated heterocycles. The van der Waals surface area contributed by atoms with Crippen molar-refractivity contribution in [3.05, 3.63) is 0 Å². The maximum atomic E-state index is 13.9. The normalized spacial score (nSPS) is 13.5. The Morgan fingerprint density at radius 2 is 0.616 bits per heavy atom. The van der Waals surface area contributed by atoms with Gasteiger partial charge in [0.25, 0.3) is 0 Å². The Hall–Kier alpha value is -6.48. The van der Waals surface area contributed by atoms with Crippen LogP contribution in [-0.4, -0.2) is 159 Å². The first-order valence-electron chi connectivity index (χ1n) is 24.8. The molecular formula is C46H85N15O12. The minimum absolute atomic E-state index is 0.0160. The second kappa shape index (κ2) is 36.4. The Balaban J connectivity index is 6.54. The summed E-state index contributed by atoms with van der Waals surface area (Å²) in [6.07, 6.45) is 1.77. The van der Waals surface area contributed by atoms with Gasteiger partial charge in [0.15, 0.2) is 0 Å². The van der Waals surface area contributed by atoms with Crippen molar-refractivity contribution in [2.45, 2.75) is 143 Å². The molecule has 0 aliphatic heterocycles. The second-order valence-electron chi connectivity index (χ2n) is 19.0. The van der Waals surface area contributed by atoms with Gasteiger partial charge >= 0.3 is 0 Å². The molecule has 0 unspecified atom stereocenters. The number of primary amides is 1. The lowest BCUT2D eigenvalue weighted by Crippen LogP contribution is -2.60. The second-order valence-corrected chi connectivity index (χ2v) is 19.0. The minimum Gasteiger partial charge on any atom is -0.368 e. The Labute approximate surface area is 428 Å². The first kappa shape index (κ1) is 66.5. The van der Waals surface area contributed by atoms with E-state index in [-0.39, 0.29) is 44.1 Å². The molecule has 0 bridgehead atoms. The van der Waals surface area contributed by atoms with Crippen molar-refractivity contribution < 1.29 is 57.5 Å². The third-order valence-corrected chi connectivity index (χ3v) is 10.5. The van der Waals surface area contributed by atoms with Crippen LogP contribution in [0.15, 0.2) is 0 Å². The van der Waals surface area contributed by atoms with Gasteiger partial charge in [-0.25, -0.2) is 0 Å². The summed E-state index contributed by atoms with van der Waals surface area (Å²) in [5, 5.41) is 27.5. The first-order valence-corrected chi connectivity index (χ1v) is 24.8. The smallest absolute Gasteiger partial charge is 0.244 e. The molecule has 416 valence electrons. The van der Waals surface area contributed by atoms with Crippen LogP contribution in [0.5, 0.6) is 0 Å². The number of carbonyl (C=O) groups excluding carboxylic acids is 12. The Morgan fingerprint density at radius 1 is 0.342 bits per heavy atom. The summed E-state index contributed by atoms with van der Waals surface area (Å²) in [5.41, 5.74) is 22.3. The number of nitrogens with one attached hydrogen (secondary N) is 11. The molecule has 12 amide bonds. The lowest BCUT2D eigenvalue weighted by Gasteiger charge is -2.25. The molecule has 0 saturated carbocycles. The number of carbonyl (C=O) groups is 12. The summed E-state index contributed by atoms with van der Waals surface area (Å²) in [6.45, 7) is 11.1. The topological polar surface area (TPSA) is 441 Å². The summed E-state index contributed by atoms with van der Waals surface area (Å²) in [6, 6.07) is -8.40. The quantitative estimate of drug-likeness (QED) is 0.0258. The van der Waals surface area contributed by atoms with E-state index in [4.69, 9.17) is 22.9 Å². The minimum atomic E-state index is -1.52. The van der Waals surface area contributed by atoms with Gasteiger partial charge < -0.3 is 81.4 Å². The van der Waals surface area contributed by atoms with E-state index < -0.39 is 152 Å². The first-order chi connectivity index (χ1) is 34.3. The highest BCUT2D eigenvalue weighted by Crippen LogP contribution is 2.03. The number of rotatable bonds is 37. The van der Waals surface area contributed by atoms with Crippen LogP contribution >= 0.6 is 0 Å². The van der Waals surface area contributed by atoms with Gasteiger partial charge in [0, 0.05) is 76.8 Å². The van der Waals surface area contributed by atoms with E-state index >= 15 is 0 Å². The SMILES string of the molecule is CC(C)CC(=O)N[C@@H](CNC(=O)[C@H](CNC(=O)[C@H](CNC(=O)[C@H](CNC(=O)[C@H](CNC(=O)[C@H](CN)NC(=O)C(C)C)NC(=O)CCCCN)NC(=O)CC(C)C)NC(=O)C(C)C)NC(=O)CCCCN)C(N)=O. The van der Waals surface area contributed by atoms with Crippen molar-refractivity contribution in [1.82, 2.24) is 58.5 Å². The molecule has 0 aliphatic rings. The van der Waals surface area contributed by atoms with Gasteiger partial charge in [-0.05, 0) is 50.6 Å². The maximum Gasteiger partial charge on any atom is 0.244 e. The third kappa shape index (κ3) is 29.6. The summed E-state index contributed by atoms with van der Waals surface area (Å²) in [7, 11) is 0. The Morgan fingerprint density at radius 3 is 0.904 bits per heavy atom. The zero-order chi connectivity index (χ0) is 55.8. The summed E-state index contributed by atoms with van der Waals surface area (Å²) >= 11 is 0. The molecule has 0 rings (SSSR count). The molecule has 0 aromatic heterocycles. The summed E-state index contributed by atoms with van der Waals surface area (Å²) in [5.74, 6) is -9.93. The van der Waals surface area contributed by atoms with Crippen LogP contribution in [-0.2, 0) is 57.5 Å². The van der Waals surface area contributed by atoms with Gasteiger partial charge in [0.1, 0.15) is 36.3 Å². The zero-order valence-electron chi connectivity index (χ0n) is 43.8. The predicted molar refractivity (Wildman–Crippen MR) is 269 cm³/mol. The highest BCUT2D eigenvalue weighted by atomic mass is 16.2. The van der Waals surface area contributed by atoms with Crippen LogP contribution in [0.25, 0.3) is 0 Å². The molecule has 0 heterocycles. The average Bonchev–Trinajstić information content (AvgIpc) is 3.30. The largest absolute Gasteiger partial charge is 0.368 e. The van der Waals surface area contributed by atoms with Crippen molar-refractivity contribution in [2.24, 2.45) is 46.6 Å². The summed E-state index contributed by atoms with van der Waals surface area (Å²) < 4.78 is 0. The molecule has 0 spiro atoms. The molecule has 27 nitrogen and oxygen atoms in total. The third-order valence-electron chi connectivity index (χ3n) is 10.5. The van der Waals surface area contributed by atoms with Crippen molar-refractivity contribution in [3.63, 3.8) is 0 Å². The van der Waals surface area contributed by atoms with E-state index in [0.717, 1.165) is 0 Å². The highest BCUT2D eigenvalue weighted by molar-refractivity contribution is 5.94. The number of unbranched alkanes of at least 4 members (excludes halogenated alkanes) is 2. The summed E-state index contributed by atoms with van der Waals surface area (Å²) in [4.78, 5) is 157. The molecule has 6 atom stereocenters. The van der Waals surface area contributed by atoms with Gasteiger partial charge in [-0.15, -0.1) is 0 Å². The Kier molecular flexibility index (Phi) is 33.2. The van der Waals surface area contributed by atoms with Gasteiger partial charge in [0.2, 0.25) is 70.9 Å². The van der Waals surface area contributed by atoms with Crippen molar-refractivity contribution >= 4 is 70.9 Å². The molecular weight excluding hydrogens is 955 g/mol. The van der Waals surface area contributed by atoms with Crippen LogP contribution < -0.4 is 81.4 Å². The number of hydrogen-bond acceptors (Lipinski definition) is 15. The van der Waals surface area contributed by atoms with Crippen LogP contribution in [0.3, 0.4) is 0 Å². The highest BCUT2D eigenvalue weighted by Gasteiger charge is 2.31. The van der Waals surface area contributed by atoms with Crippen molar-refractivity contribution in [1.29, 1.82) is 0 Å². The zero-order valence-corrected chi connectivity index (χ0v) is 43.8. The molecule has 0 aliphatic carbocycles. The molecule has 0 fully saturated rings. The van der Waals surface area contributed by atoms with Crippen molar-refractivity contribution in [3.8, 4) is 0 Å². The molecule has 0 aromatic rings. The lowest BCUT2D eigenvalue weighted by molar-refractivity contribution is -0.133. The van der Waals surface area contributed by atoms with E-state index in [1.807, 2.05) is 0 Å². The van der Waals surface area contributed by atoms with Crippen LogP contribution in [0, 0.1) is 23.7 Å². The van der Waals surface area contributed by atoms with Gasteiger partial charge in [-0.2, -0.15) is 0 Å². The fourth-order valence-electron chi connectivity index (χ4n) is 6.24. The Bertz CT molecular complexity index is 1850. The predicted octanol–water partition coefficient (Wildman–Crippen LogP) is -5.42. The monoisotopic (exact) mass is 1040 g/mol. The molecule has 0 aromatic carbocycles. The van der Waals surface area contributed by atoms with Gasteiger partial charge in [0.05, 0.1) is 0 Å². The van der Waals surface area contributed by atoms with E-state index in [1.165, 1.54) is 0 Å². The van der Waals surface area contributed by atoms with E-state index in [0.29, 0.717) is 38.8 Å². The maximum absolute atomic E-state index is 13.9.